The van der Waals surface area contributed by atoms with Gasteiger partial charge in [0.25, 0.3) is 5.91 Å². The van der Waals surface area contributed by atoms with Gasteiger partial charge < -0.3 is 33.7 Å². The van der Waals surface area contributed by atoms with Crippen LogP contribution >= 0.6 is 0 Å². The highest BCUT2D eigenvalue weighted by Crippen LogP contribution is 2.51. The topological polar surface area (TPSA) is 84.5 Å². The van der Waals surface area contributed by atoms with Gasteiger partial charge in [-0.25, -0.2) is 0 Å². The molecule has 198 valence electrons. The minimum atomic E-state index is -4.79. The van der Waals surface area contributed by atoms with Gasteiger partial charge in [0.2, 0.25) is 0 Å². The van der Waals surface area contributed by atoms with Crippen molar-refractivity contribution in [2.24, 2.45) is 0 Å². The first-order chi connectivity index (χ1) is 17.2. The maximum absolute atomic E-state index is 13.4. The van der Waals surface area contributed by atoms with Gasteiger partial charge in [-0.3, -0.25) is 4.79 Å². The van der Waals surface area contributed by atoms with E-state index in [0.29, 0.717) is 5.69 Å². The summed E-state index contributed by atoms with van der Waals surface area (Å²) < 4.78 is 73.1. The summed E-state index contributed by atoms with van der Waals surface area (Å²) in [6.07, 6.45) is 0.819. The lowest BCUT2D eigenvalue weighted by Gasteiger charge is -2.36. The number of hydrogen-bond donors (Lipinski definition) is 1. The van der Waals surface area contributed by atoms with Gasteiger partial charge in [0.15, 0.2) is 24.0 Å². The van der Waals surface area contributed by atoms with Gasteiger partial charge in [-0.2, -0.15) is 0 Å². The number of anilines is 1. The molecule has 2 spiro atoms. The highest BCUT2D eigenvalue weighted by atomic mass is 19.4. The van der Waals surface area contributed by atoms with Crippen molar-refractivity contribution in [2.45, 2.75) is 113 Å². The van der Waals surface area contributed by atoms with E-state index in [2.05, 4.69) is 10.1 Å². The Hall–Kier alpha value is -1.92. The number of ether oxygens (including phenoxy) is 6. The molecular formula is C25H30F3NO7. The van der Waals surface area contributed by atoms with Crippen LogP contribution in [0.4, 0.5) is 18.9 Å². The van der Waals surface area contributed by atoms with E-state index in [1.807, 2.05) is 0 Å². The summed E-state index contributed by atoms with van der Waals surface area (Å²) >= 11 is 0. The Labute approximate surface area is 206 Å². The summed E-state index contributed by atoms with van der Waals surface area (Å²) in [5.74, 6) is -2.37. The van der Waals surface area contributed by atoms with E-state index in [9.17, 15) is 18.0 Å². The molecule has 5 atom stereocenters. The molecular weight excluding hydrogens is 483 g/mol. The van der Waals surface area contributed by atoms with Gasteiger partial charge in [0, 0.05) is 31.4 Å². The molecule has 3 heterocycles. The number of fused-ring (bicyclic) bond motifs is 3. The zero-order valence-electron chi connectivity index (χ0n) is 19.8. The van der Waals surface area contributed by atoms with E-state index in [4.69, 9.17) is 23.7 Å². The Kier molecular flexibility index (Phi) is 6.19. The van der Waals surface area contributed by atoms with Crippen molar-refractivity contribution >= 4 is 11.6 Å². The molecule has 1 amide bonds. The van der Waals surface area contributed by atoms with Crippen molar-refractivity contribution < 1.29 is 46.4 Å². The number of alkyl halides is 3. The number of halogens is 3. The molecule has 3 saturated heterocycles. The zero-order valence-corrected chi connectivity index (χ0v) is 19.8. The van der Waals surface area contributed by atoms with Crippen molar-refractivity contribution in [3.63, 3.8) is 0 Å². The van der Waals surface area contributed by atoms with Gasteiger partial charge in [0.1, 0.15) is 24.1 Å². The Morgan fingerprint density at radius 3 is 1.97 bits per heavy atom. The molecule has 2 saturated carbocycles. The minimum absolute atomic E-state index is 0.301. The van der Waals surface area contributed by atoms with Gasteiger partial charge in [0.05, 0.1) is 0 Å². The maximum Gasteiger partial charge on any atom is 0.573 e. The number of carbonyl (C=O) groups is 1. The molecule has 1 N–H and O–H groups in total. The molecule has 3 aliphatic heterocycles. The Balaban J connectivity index is 1.21. The third kappa shape index (κ3) is 4.71. The van der Waals surface area contributed by atoms with Crippen LogP contribution in [0.15, 0.2) is 24.3 Å². The van der Waals surface area contributed by atoms with E-state index in [-0.39, 0.29) is 5.75 Å². The summed E-state index contributed by atoms with van der Waals surface area (Å²) in [7, 11) is 0. The fraction of sp³-hybridized carbons (Fsp3) is 0.720. The predicted molar refractivity (Wildman–Crippen MR) is 118 cm³/mol. The Morgan fingerprint density at radius 1 is 0.806 bits per heavy atom. The predicted octanol–water partition coefficient (Wildman–Crippen LogP) is 4.77. The van der Waals surface area contributed by atoms with Crippen LogP contribution in [0.3, 0.4) is 0 Å². The Bertz CT molecular complexity index is 959. The molecule has 0 radical (unpaired) electrons. The molecule has 1 aromatic rings. The smallest absolute Gasteiger partial charge is 0.406 e. The van der Waals surface area contributed by atoms with Crippen molar-refractivity contribution in [3.8, 4) is 5.75 Å². The molecule has 0 unspecified atom stereocenters. The lowest BCUT2D eigenvalue weighted by Crippen LogP contribution is -2.58. The molecule has 0 aromatic heterocycles. The largest absolute Gasteiger partial charge is 0.573 e. The van der Waals surface area contributed by atoms with E-state index in [1.165, 1.54) is 12.1 Å². The van der Waals surface area contributed by atoms with Crippen LogP contribution in [0.1, 0.15) is 64.2 Å². The average molecular weight is 514 g/mol. The van der Waals surface area contributed by atoms with Crippen LogP contribution in [0, 0.1) is 0 Å². The van der Waals surface area contributed by atoms with E-state index in [1.54, 1.807) is 0 Å². The minimum Gasteiger partial charge on any atom is -0.406 e. The van der Waals surface area contributed by atoms with E-state index >= 15 is 0 Å². The van der Waals surface area contributed by atoms with Gasteiger partial charge in [-0.1, -0.05) is 12.8 Å². The summed E-state index contributed by atoms with van der Waals surface area (Å²) in [6, 6.07) is 4.94. The fourth-order valence-corrected chi connectivity index (χ4v) is 6.12. The van der Waals surface area contributed by atoms with Crippen LogP contribution in [0.25, 0.3) is 0 Å². The molecule has 6 rings (SSSR count). The van der Waals surface area contributed by atoms with Crippen LogP contribution in [-0.4, -0.2) is 54.5 Å². The van der Waals surface area contributed by atoms with Crippen LogP contribution in [0.5, 0.6) is 5.75 Å². The summed E-state index contributed by atoms with van der Waals surface area (Å²) in [4.78, 5) is 13.4. The molecule has 1 aromatic carbocycles. The fourth-order valence-electron chi connectivity index (χ4n) is 6.12. The van der Waals surface area contributed by atoms with Crippen molar-refractivity contribution in [2.75, 3.05) is 5.32 Å². The first-order valence-corrected chi connectivity index (χ1v) is 12.8. The Morgan fingerprint density at radius 2 is 1.36 bits per heavy atom. The van der Waals surface area contributed by atoms with Crippen LogP contribution < -0.4 is 10.1 Å². The summed E-state index contributed by atoms with van der Waals surface area (Å²) in [6.45, 7) is 0. The number of carbonyl (C=O) groups excluding carboxylic acids is 1. The molecule has 2 aliphatic carbocycles. The SMILES string of the molecule is O=C(Nc1ccc(OC(F)(F)F)cc1)[C@@H]1O[C@@H]2OC3(CCCCC3)O[C@@H]2[C@H]2OC3(CCCCC3)O[C@H]21. The summed E-state index contributed by atoms with van der Waals surface area (Å²) in [5, 5.41) is 2.72. The van der Waals surface area contributed by atoms with Crippen molar-refractivity contribution in [1.29, 1.82) is 0 Å². The number of nitrogens with one attached hydrogen (secondary N) is 1. The third-order valence-corrected chi connectivity index (χ3v) is 7.72. The van der Waals surface area contributed by atoms with Crippen molar-refractivity contribution in [1.82, 2.24) is 0 Å². The van der Waals surface area contributed by atoms with Crippen LogP contribution in [-0.2, 0) is 28.5 Å². The second-order valence-corrected chi connectivity index (χ2v) is 10.3. The standard InChI is InChI=1S/C25H30F3NO7/c26-25(27,28)32-16-9-7-15(8-10-16)29-21(30)19-17-18(34-23(33-17)11-3-1-4-12-23)20-22(31-19)36-24(35-20)13-5-2-6-14-24/h7-10,17-20,22H,1-6,11-14H2,(H,29,30)/t17-,18+,19-,20-,22-/m1/s1. The molecule has 36 heavy (non-hydrogen) atoms. The molecule has 8 nitrogen and oxygen atoms in total. The molecule has 5 aliphatic rings. The number of amides is 1. The molecule has 0 bridgehead atoms. The first-order valence-electron chi connectivity index (χ1n) is 12.8. The van der Waals surface area contributed by atoms with E-state index < -0.39 is 54.5 Å². The van der Waals surface area contributed by atoms with E-state index in [0.717, 1.165) is 76.3 Å². The summed E-state index contributed by atoms with van der Waals surface area (Å²) in [5.41, 5.74) is 0.301. The van der Waals surface area contributed by atoms with Gasteiger partial charge in [-0.05, 0) is 49.9 Å². The zero-order chi connectivity index (χ0) is 25.0. The second kappa shape index (κ2) is 9.13. The second-order valence-electron chi connectivity index (χ2n) is 10.3. The first kappa shape index (κ1) is 24.4. The van der Waals surface area contributed by atoms with Crippen LogP contribution in [0.2, 0.25) is 0 Å². The molecule has 5 fully saturated rings. The normalized spacial score (nSPS) is 34.8. The number of benzene rings is 1. The van der Waals surface area contributed by atoms with Crippen molar-refractivity contribution in [3.05, 3.63) is 24.3 Å². The number of rotatable bonds is 3. The molecule has 11 heteroatoms. The number of hydrogen-bond acceptors (Lipinski definition) is 7. The highest BCUT2D eigenvalue weighted by molar-refractivity contribution is 5.94. The quantitative estimate of drug-likeness (QED) is 0.624. The van der Waals surface area contributed by atoms with Gasteiger partial charge >= 0.3 is 6.36 Å². The lowest BCUT2D eigenvalue weighted by atomic mass is 9.94. The maximum atomic E-state index is 13.4. The monoisotopic (exact) mass is 513 g/mol. The van der Waals surface area contributed by atoms with Gasteiger partial charge in [-0.15, -0.1) is 13.2 Å². The highest BCUT2D eigenvalue weighted by Gasteiger charge is 2.65. The lowest BCUT2D eigenvalue weighted by molar-refractivity contribution is -0.274. The third-order valence-electron chi connectivity index (χ3n) is 7.72. The average Bonchev–Trinajstić information content (AvgIpc) is 3.37.